The first-order chi connectivity index (χ1) is 25.7. The molecule has 2 N–H and O–H groups in total. The van der Waals surface area contributed by atoms with Crippen molar-refractivity contribution in [2.45, 2.75) is 64.7 Å². The molecule has 280 valence electrons. The lowest BCUT2D eigenvalue weighted by Crippen LogP contribution is -2.21. The number of nitrogens with zero attached hydrogens (tertiary/aromatic N) is 6. The van der Waals surface area contributed by atoms with E-state index in [1.807, 2.05) is 68.5 Å². The normalized spacial score (nSPS) is 14.6. The lowest BCUT2D eigenvalue weighted by atomic mass is 9.96. The Balaban J connectivity index is 0.000000160. The van der Waals surface area contributed by atoms with Gasteiger partial charge in [-0.2, -0.15) is 0 Å². The molecule has 0 spiro atoms. The number of hydrogen-bond donors (Lipinski definition) is 1. The summed E-state index contributed by atoms with van der Waals surface area (Å²) in [4.78, 5) is 39.2. The van der Waals surface area contributed by atoms with E-state index in [2.05, 4.69) is 25.9 Å². The van der Waals surface area contributed by atoms with Crippen LogP contribution in [-0.2, 0) is 13.1 Å². The lowest BCUT2D eigenvalue weighted by Gasteiger charge is -2.16. The van der Waals surface area contributed by atoms with Crippen LogP contribution >= 0.6 is 15.9 Å². The Hall–Kier alpha value is -4.92. The minimum Gasteiger partial charge on any atom is -0.438 e. The molecule has 54 heavy (non-hydrogen) atoms. The molecule has 0 radical (unpaired) electrons. The zero-order valence-electron chi connectivity index (χ0n) is 30.9. The lowest BCUT2D eigenvalue weighted by molar-refractivity contribution is 0.349. The van der Waals surface area contributed by atoms with Crippen LogP contribution in [0.2, 0.25) is 0 Å². The molecular weight excluding hydrogens is 760 g/mol. The molecule has 3 aromatic carbocycles. The van der Waals surface area contributed by atoms with Crippen LogP contribution in [0.1, 0.15) is 60.7 Å². The Morgan fingerprint density at radius 1 is 0.741 bits per heavy atom. The van der Waals surface area contributed by atoms with E-state index in [1.165, 1.54) is 0 Å². The number of halogens is 3. The zero-order valence-corrected chi connectivity index (χ0v) is 32.5. The average molecular weight is 801 g/mol. The van der Waals surface area contributed by atoms with E-state index < -0.39 is 11.6 Å². The van der Waals surface area contributed by atoms with Gasteiger partial charge in [-0.05, 0) is 109 Å². The van der Waals surface area contributed by atoms with Gasteiger partial charge in [0.25, 0.3) is 11.1 Å². The molecule has 2 aliphatic rings. The third-order valence-corrected chi connectivity index (χ3v) is 10.9. The van der Waals surface area contributed by atoms with Crippen molar-refractivity contribution < 1.29 is 17.6 Å². The molecule has 0 unspecified atom stereocenters. The van der Waals surface area contributed by atoms with Gasteiger partial charge in [-0.15, -0.1) is 0 Å². The van der Waals surface area contributed by atoms with Crippen molar-refractivity contribution in [3.63, 3.8) is 0 Å². The maximum atomic E-state index is 14.7. The maximum Gasteiger partial charge on any atom is 0.281 e. The molecule has 9 rings (SSSR count). The predicted molar refractivity (Wildman–Crippen MR) is 210 cm³/mol. The first kappa shape index (κ1) is 36.1. The quantitative estimate of drug-likeness (QED) is 0.160. The highest BCUT2D eigenvalue weighted by molar-refractivity contribution is 9.10. The number of anilines is 1. The summed E-state index contributed by atoms with van der Waals surface area (Å²) in [6.07, 6.45) is 3.87. The Morgan fingerprint density at radius 3 is 1.70 bits per heavy atom. The fraction of sp³-hybridized carbons (Fsp3) is 0.350. The molecule has 14 heteroatoms. The van der Waals surface area contributed by atoms with E-state index in [0.717, 1.165) is 64.1 Å². The summed E-state index contributed by atoms with van der Waals surface area (Å²) in [5.41, 5.74) is 10.8. The Morgan fingerprint density at radius 2 is 1.22 bits per heavy atom. The molecule has 0 bridgehead atoms. The number of hydrogen-bond acceptors (Lipinski definition) is 9. The number of nitrogen functional groups attached to an aromatic ring is 1. The summed E-state index contributed by atoms with van der Waals surface area (Å²) in [5.74, 6) is -0.261. The molecule has 7 aromatic rings. The summed E-state index contributed by atoms with van der Waals surface area (Å²) in [6, 6.07) is 9.96. The molecule has 2 saturated carbocycles. The van der Waals surface area contributed by atoms with E-state index in [-0.39, 0.29) is 34.5 Å². The smallest absolute Gasteiger partial charge is 0.281 e. The second kappa shape index (κ2) is 13.4. The minimum atomic E-state index is -0.686. The molecule has 11 nitrogen and oxygen atoms in total. The van der Waals surface area contributed by atoms with Crippen molar-refractivity contribution in [2.24, 2.45) is 0 Å². The molecule has 0 saturated heterocycles. The summed E-state index contributed by atoms with van der Waals surface area (Å²) < 4.78 is 45.4. The Labute approximate surface area is 317 Å². The predicted octanol–water partition coefficient (Wildman–Crippen LogP) is 7.99. The van der Waals surface area contributed by atoms with Crippen LogP contribution in [0, 0.1) is 25.5 Å². The monoisotopic (exact) mass is 799 g/mol. The number of fused-ring (bicyclic) bond motifs is 6. The van der Waals surface area contributed by atoms with Crippen molar-refractivity contribution in [1.29, 1.82) is 0 Å². The van der Waals surface area contributed by atoms with Crippen LogP contribution in [0.5, 0.6) is 0 Å². The zero-order chi connectivity index (χ0) is 38.3. The first-order valence-electron chi connectivity index (χ1n) is 17.9. The molecule has 2 aliphatic carbocycles. The van der Waals surface area contributed by atoms with E-state index in [9.17, 15) is 18.4 Å². The van der Waals surface area contributed by atoms with E-state index in [4.69, 9.17) is 14.6 Å². The second-order valence-corrected chi connectivity index (χ2v) is 15.8. The van der Waals surface area contributed by atoms with Crippen molar-refractivity contribution >= 4 is 65.6 Å². The molecule has 2 fully saturated rings. The number of nitrogens with two attached hydrogens (primary N) is 1. The number of benzene rings is 3. The third-order valence-electron chi connectivity index (χ3n) is 10.1. The van der Waals surface area contributed by atoms with Gasteiger partial charge in [0, 0.05) is 39.0 Å². The second-order valence-electron chi connectivity index (χ2n) is 14.9. The van der Waals surface area contributed by atoms with Gasteiger partial charge >= 0.3 is 0 Å². The SMILES string of the molecule is Cc1c(-c2cc(F)c(N)cc2F)ccc2c3oc(CN(C)C)nc3c(=O)n(C3CC3)c12.Cc1c(Br)ccc2c3oc(CN(C)C)nc3c(=O)n(C3CC3)c12. The number of aromatic nitrogens is 4. The molecule has 0 amide bonds. The van der Waals surface area contributed by atoms with Gasteiger partial charge < -0.3 is 33.5 Å². The van der Waals surface area contributed by atoms with Gasteiger partial charge in [0.15, 0.2) is 22.2 Å². The summed E-state index contributed by atoms with van der Waals surface area (Å²) >= 11 is 3.58. The van der Waals surface area contributed by atoms with Crippen LogP contribution < -0.4 is 16.9 Å². The number of oxazole rings is 2. The van der Waals surface area contributed by atoms with Crippen LogP contribution in [0.4, 0.5) is 14.5 Å². The summed E-state index contributed by atoms with van der Waals surface area (Å²) in [7, 11) is 7.70. The summed E-state index contributed by atoms with van der Waals surface area (Å²) in [6.45, 7) is 4.89. The van der Waals surface area contributed by atoms with Gasteiger partial charge in [-0.3, -0.25) is 9.59 Å². The fourth-order valence-electron chi connectivity index (χ4n) is 7.28. The topological polar surface area (TPSA) is 129 Å². The molecule has 4 aromatic heterocycles. The molecule has 4 heterocycles. The number of rotatable bonds is 7. The van der Waals surface area contributed by atoms with Gasteiger partial charge in [0.05, 0.1) is 29.8 Å². The standard InChI is InChI=1S/C23H22F2N4O2.C17H18BrN3O2/c1-11-13(15-8-17(25)18(26)9-16(15)24)6-7-14-21(11)29(12-4-5-12)23(30)20-22(14)31-19(27-20)10-28(2)3;1-9-12(18)7-6-11-15(9)21(10-4-5-10)17(22)14-16(11)23-13(19-14)8-20(2)3/h6-9,12H,4-5,10,26H2,1-3H3;6-7,10H,4-5,8H2,1-3H3. The highest BCUT2D eigenvalue weighted by Crippen LogP contribution is 2.42. The molecule has 0 aliphatic heterocycles. The van der Waals surface area contributed by atoms with Gasteiger partial charge in [-0.25, -0.2) is 18.7 Å². The van der Waals surface area contributed by atoms with Crippen LogP contribution in [0.15, 0.2) is 59.3 Å². The van der Waals surface area contributed by atoms with Crippen molar-refractivity contribution in [1.82, 2.24) is 28.9 Å². The average Bonchev–Trinajstić information content (AvgIpc) is 4.04. The highest BCUT2D eigenvalue weighted by atomic mass is 79.9. The number of pyridine rings is 2. The summed E-state index contributed by atoms with van der Waals surface area (Å²) in [5, 5.41) is 1.70. The van der Waals surface area contributed by atoms with Gasteiger partial charge in [-0.1, -0.05) is 22.0 Å². The largest absolute Gasteiger partial charge is 0.438 e. The van der Waals surface area contributed by atoms with Crippen molar-refractivity contribution in [3.8, 4) is 11.1 Å². The van der Waals surface area contributed by atoms with E-state index >= 15 is 0 Å². The van der Waals surface area contributed by atoms with Crippen LogP contribution in [0.25, 0.3) is 55.1 Å². The van der Waals surface area contributed by atoms with Crippen molar-refractivity contribution in [2.75, 3.05) is 33.9 Å². The Bertz CT molecular complexity index is 2780. The third kappa shape index (κ3) is 6.19. The van der Waals surface area contributed by atoms with Gasteiger partial charge in [0.1, 0.15) is 11.6 Å². The fourth-order valence-corrected chi connectivity index (χ4v) is 7.60. The maximum absolute atomic E-state index is 14.7. The molecular formula is C40H40BrF2N7O4. The highest BCUT2D eigenvalue weighted by Gasteiger charge is 2.32. The first-order valence-corrected chi connectivity index (χ1v) is 18.7. The minimum absolute atomic E-state index is 0.0371. The van der Waals surface area contributed by atoms with Crippen LogP contribution in [0.3, 0.4) is 0 Å². The van der Waals surface area contributed by atoms with Crippen molar-refractivity contribution in [3.05, 3.63) is 96.1 Å². The van der Waals surface area contributed by atoms with Gasteiger partial charge in [0.2, 0.25) is 11.8 Å². The Kier molecular flexibility index (Phi) is 8.97. The van der Waals surface area contributed by atoms with E-state index in [1.54, 1.807) is 16.7 Å². The molecule has 0 atom stereocenters. The number of aryl methyl sites for hydroxylation is 2. The van der Waals surface area contributed by atoms with Crippen LogP contribution in [-0.4, -0.2) is 57.1 Å². The van der Waals surface area contributed by atoms with E-state index in [0.29, 0.717) is 63.7 Å².